The van der Waals surface area contributed by atoms with Crippen LogP contribution in [-0.2, 0) is 12.1 Å². The van der Waals surface area contributed by atoms with Gasteiger partial charge >= 0.3 is 0 Å². The molecule has 2 aromatic rings. The fourth-order valence-electron chi connectivity index (χ4n) is 2.17. The summed E-state index contributed by atoms with van der Waals surface area (Å²) in [6.07, 6.45) is 3.95. The Bertz CT molecular complexity index is 512. The SMILES string of the molecule is CCC(C)C(O)(Cn1cncn1)c1ccc(Cl)cc1. The highest BCUT2D eigenvalue weighted by atomic mass is 35.5. The Hall–Kier alpha value is -1.39. The molecule has 2 atom stereocenters. The van der Waals surface area contributed by atoms with Crippen LogP contribution >= 0.6 is 11.6 Å². The number of halogens is 1. The molecule has 0 fully saturated rings. The number of aromatic nitrogens is 3. The van der Waals surface area contributed by atoms with E-state index in [9.17, 15) is 5.11 Å². The first-order chi connectivity index (χ1) is 9.06. The summed E-state index contributed by atoms with van der Waals surface area (Å²) >= 11 is 5.91. The Kier molecular flexibility index (Phi) is 4.22. The van der Waals surface area contributed by atoms with Crippen LogP contribution in [0.15, 0.2) is 36.9 Å². The zero-order valence-corrected chi connectivity index (χ0v) is 11.9. The standard InChI is InChI=1S/C14H18ClN3O/c1-3-11(2)14(19,8-18-10-16-9-17-18)12-4-6-13(15)7-5-12/h4-7,9-11,19H,3,8H2,1-2H3. The monoisotopic (exact) mass is 279 g/mol. The molecule has 2 rings (SSSR count). The lowest BCUT2D eigenvalue weighted by atomic mass is 9.81. The number of hydrogen-bond donors (Lipinski definition) is 1. The maximum absolute atomic E-state index is 11.1. The first kappa shape index (κ1) is 14.0. The quantitative estimate of drug-likeness (QED) is 0.916. The molecule has 0 aliphatic rings. The number of benzene rings is 1. The van der Waals surface area contributed by atoms with Gasteiger partial charge in [-0.15, -0.1) is 0 Å². The smallest absolute Gasteiger partial charge is 0.137 e. The molecule has 1 N–H and O–H groups in total. The summed E-state index contributed by atoms with van der Waals surface area (Å²) in [4.78, 5) is 3.92. The minimum absolute atomic E-state index is 0.0953. The van der Waals surface area contributed by atoms with Crippen LogP contribution in [0.2, 0.25) is 5.02 Å². The summed E-state index contributed by atoms with van der Waals surface area (Å²) in [5, 5.41) is 15.8. The zero-order valence-electron chi connectivity index (χ0n) is 11.1. The molecule has 1 aromatic heterocycles. The van der Waals surface area contributed by atoms with Crippen molar-refractivity contribution in [2.24, 2.45) is 5.92 Å². The van der Waals surface area contributed by atoms with Crippen LogP contribution in [0.25, 0.3) is 0 Å². The van der Waals surface area contributed by atoms with Crippen LogP contribution < -0.4 is 0 Å². The molecule has 5 heteroatoms. The molecule has 0 bridgehead atoms. The van der Waals surface area contributed by atoms with Crippen LogP contribution in [-0.4, -0.2) is 19.9 Å². The number of aliphatic hydroxyl groups is 1. The predicted octanol–water partition coefficient (Wildman–Crippen LogP) is 2.87. The maximum Gasteiger partial charge on any atom is 0.137 e. The van der Waals surface area contributed by atoms with E-state index in [4.69, 9.17) is 11.6 Å². The molecule has 102 valence electrons. The Morgan fingerprint density at radius 3 is 2.58 bits per heavy atom. The van der Waals surface area contributed by atoms with Gasteiger partial charge in [0.1, 0.15) is 18.3 Å². The highest BCUT2D eigenvalue weighted by molar-refractivity contribution is 6.30. The van der Waals surface area contributed by atoms with E-state index in [0.717, 1.165) is 12.0 Å². The van der Waals surface area contributed by atoms with Crippen LogP contribution in [0, 0.1) is 5.92 Å². The van der Waals surface area contributed by atoms with Crippen LogP contribution in [0.5, 0.6) is 0 Å². The number of nitrogens with zero attached hydrogens (tertiary/aromatic N) is 3. The van der Waals surface area contributed by atoms with E-state index >= 15 is 0 Å². The third kappa shape index (κ3) is 2.96. The Balaban J connectivity index is 2.36. The number of rotatable bonds is 5. The van der Waals surface area contributed by atoms with Crippen molar-refractivity contribution in [2.75, 3.05) is 0 Å². The van der Waals surface area contributed by atoms with Crippen molar-refractivity contribution in [3.63, 3.8) is 0 Å². The minimum atomic E-state index is -0.979. The molecule has 0 saturated carbocycles. The lowest BCUT2D eigenvalue weighted by Crippen LogP contribution is -2.38. The first-order valence-electron chi connectivity index (χ1n) is 6.37. The topological polar surface area (TPSA) is 50.9 Å². The highest BCUT2D eigenvalue weighted by Crippen LogP contribution is 2.33. The number of hydrogen-bond acceptors (Lipinski definition) is 3. The second kappa shape index (κ2) is 5.72. The van der Waals surface area contributed by atoms with Crippen molar-refractivity contribution >= 4 is 11.6 Å². The molecule has 0 spiro atoms. The largest absolute Gasteiger partial charge is 0.383 e. The molecular formula is C14H18ClN3O. The van der Waals surface area contributed by atoms with Gasteiger partial charge in [-0.2, -0.15) is 5.10 Å². The van der Waals surface area contributed by atoms with Crippen molar-refractivity contribution in [3.05, 3.63) is 47.5 Å². The molecular weight excluding hydrogens is 262 g/mol. The van der Waals surface area contributed by atoms with Gasteiger partial charge in [0.15, 0.2) is 0 Å². The van der Waals surface area contributed by atoms with E-state index in [-0.39, 0.29) is 5.92 Å². The van der Waals surface area contributed by atoms with Gasteiger partial charge in [-0.05, 0) is 23.6 Å². The second-order valence-corrected chi connectivity index (χ2v) is 5.27. The van der Waals surface area contributed by atoms with Gasteiger partial charge in [-0.25, -0.2) is 9.67 Å². The summed E-state index contributed by atoms with van der Waals surface area (Å²) in [5.41, 5.74) is -0.130. The molecule has 2 unspecified atom stereocenters. The molecule has 0 radical (unpaired) electrons. The van der Waals surface area contributed by atoms with Crippen molar-refractivity contribution in [2.45, 2.75) is 32.4 Å². The molecule has 0 aliphatic carbocycles. The maximum atomic E-state index is 11.1. The molecule has 1 heterocycles. The van der Waals surface area contributed by atoms with Gasteiger partial charge in [-0.1, -0.05) is 44.0 Å². The molecule has 0 aliphatic heterocycles. The molecule has 4 nitrogen and oxygen atoms in total. The average molecular weight is 280 g/mol. The average Bonchev–Trinajstić information content (AvgIpc) is 2.91. The van der Waals surface area contributed by atoms with Gasteiger partial charge in [0, 0.05) is 5.02 Å². The highest BCUT2D eigenvalue weighted by Gasteiger charge is 2.35. The van der Waals surface area contributed by atoms with E-state index in [1.807, 2.05) is 19.1 Å². The van der Waals surface area contributed by atoms with Gasteiger partial charge < -0.3 is 5.11 Å². The lowest BCUT2D eigenvalue weighted by Gasteiger charge is -2.34. The lowest BCUT2D eigenvalue weighted by molar-refractivity contribution is -0.0374. The summed E-state index contributed by atoms with van der Waals surface area (Å²) in [6.45, 7) is 4.47. The van der Waals surface area contributed by atoms with E-state index in [2.05, 4.69) is 17.0 Å². The van der Waals surface area contributed by atoms with Gasteiger partial charge in [-0.3, -0.25) is 0 Å². The summed E-state index contributed by atoms with van der Waals surface area (Å²) in [7, 11) is 0. The summed E-state index contributed by atoms with van der Waals surface area (Å²) < 4.78 is 1.65. The third-order valence-corrected chi connectivity index (χ3v) is 3.89. The van der Waals surface area contributed by atoms with Crippen molar-refractivity contribution in [1.82, 2.24) is 14.8 Å². The zero-order chi connectivity index (χ0) is 13.9. The molecule has 19 heavy (non-hydrogen) atoms. The Morgan fingerprint density at radius 1 is 1.37 bits per heavy atom. The van der Waals surface area contributed by atoms with Crippen LogP contribution in [0.1, 0.15) is 25.8 Å². The molecule has 0 saturated heterocycles. The first-order valence-corrected chi connectivity index (χ1v) is 6.75. The van der Waals surface area contributed by atoms with Crippen molar-refractivity contribution in [1.29, 1.82) is 0 Å². The normalized spacial score (nSPS) is 16.0. The molecule has 1 aromatic carbocycles. The van der Waals surface area contributed by atoms with Crippen LogP contribution in [0.4, 0.5) is 0 Å². The van der Waals surface area contributed by atoms with Gasteiger partial charge in [0.05, 0.1) is 6.54 Å². The fourth-order valence-corrected chi connectivity index (χ4v) is 2.30. The van der Waals surface area contributed by atoms with E-state index in [1.54, 1.807) is 23.1 Å². The van der Waals surface area contributed by atoms with Crippen molar-refractivity contribution < 1.29 is 5.11 Å². The second-order valence-electron chi connectivity index (χ2n) is 4.83. The fraction of sp³-hybridized carbons (Fsp3) is 0.429. The van der Waals surface area contributed by atoms with Gasteiger partial charge in [0.25, 0.3) is 0 Å². The third-order valence-electron chi connectivity index (χ3n) is 3.64. The minimum Gasteiger partial charge on any atom is -0.383 e. The predicted molar refractivity (Wildman–Crippen MR) is 74.8 cm³/mol. The van der Waals surface area contributed by atoms with E-state index < -0.39 is 5.60 Å². The summed E-state index contributed by atoms with van der Waals surface area (Å²) in [5.74, 6) is 0.0953. The van der Waals surface area contributed by atoms with E-state index in [1.165, 1.54) is 6.33 Å². The summed E-state index contributed by atoms with van der Waals surface area (Å²) in [6, 6.07) is 7.33. The van der Waals surface area contributed by atoms with E-state index in [0.29, 0.717) is 11.6 Å². The van der Waals surface area contributed by atoms with Gasteiger partial charge in [0.2, 0.25) is 0 Å². The Labute approximate surface area is 118 Å². The Morgan fingerprint density at radius 2 is 2.05 bits per heavy atom. The molecule has 0 amide bonds. The van der Waals surface area contributed by atoms with Crippen molar-refractivity contribution in [3.8, 4) is 0 Å². The van der Waals surface area contributed by atoms with Crippen LogP contribution in [0.3, 0.4) is 0 Å².